The summed E-state index contributed by atoms with van der Waals surface area (Å²) < 4.78 is 13.4. The number of hydrogen-bond donors (Lipinski definition) is 1. The molecule has 0 unspecified atom stereocenters. The standard InChI is InChI=1S/C14H20N4O2/c1-17(2)9-14-16-10-7-12-13(20-6-5-19-12)8-11(10)18(14)4-3-15/h7-8H,3-6,9,15H2,1-2H3. The van der Waals surface area contributed by atoms with Gasteiger partial charge in [0.25, 0.3) is 0 Å². The zero-order valence-electron chi connectivity index (χ0n) is 11.9. The fourth-order valence-corrected chi connectivity index (χ4v) is 2.49. The highest BCUT2D eigenvalue weighted by molar-refractivity contribution is 5.80. The summed E-state index contributed by atoms with van der Waals surface area (Å²) in [6.07, 6.45) is 0. The maximum absolute atomic E-state index is 5.73. The number of fused-ring (bicyclic) bond motifs is 2. The van der Waals surface area contributed by atoms with Crippen molar-refractivity contribution in [2.75, 3.05) is 33.9 Å². The first-order chi connectivity index (χ1) is 9.69. The van der Waals surface area contributed by atoms with Crippen LogP contribution in [0.1, 0.15) is 5.82 Å². The van der Waals surface area contributed by atoms with Gasteiger partial charge in [0, 0.05) is 25.2 Å². The Hall–Kier alpha value is -1.79. The van der Waals surface area contributed by atoms with Crippen LogP contribution in [-0.2, 0) is 13.1 Å². The van der Waals surface area contributed by atoms with Gasteiger partial charge in [0.1, 0.15) is 19.0 Å². The van der Waals surface area contributed by atoms with E-state index in [9.17, 15) is 0 Å². The molecule has 6 heteroatoms. The predicted molar refractivity (Wildman–Crippen MR) is 77.2 cm³/mol. The van der Waals surface area contributed by atoms with Crippen molar-refractivity contribution in [2.24, 2.45) is 5.73 Å². The summed E-state index contributed by atoms with van der Waals surface area (Å²) in [4.78, 5) is 6.81. The molecule has 0 bridgehead atoms. The van der Waals surface area contributed by atoms with Gasteiger partial charge in [-0.2, -0.15) is 0 Å². The zero-order valence-corrected chi connectivity index (χ0v) is 11.9. The van der Waals surface area contributed by atoms with Gasteiger partial charge in [-0.15, -0.1) is 0 Å². The van der Waals surface area contributed by atoms with Crippen LogP contribution in [0.4, 0.5) is 0 Å². The Morgan fingerprint density at radius 2 is 1.95 bits per heavy atom. The molecule has 1 aliphatic heterocycles. The molecular weight excluding hydrogens is 256 g/mol. The Morgan fingerprint density at radius 3 is 2.60 bits per heavy atom. The third-order valence-corrected chi connectivity index (χ3v) is 3.30. The van der Waals surface area contributed by atoms with E-state index in [2.05, 4.69) is 9.47 Å². The maximum Gasteiger partial charge on any atom is 0.163 e. The first-order valence-electron chi connectivity index (χ1n) is 6.82. The van der Waals surface area contributed by atoms with Gasteiger partial charge in [-0.25, -0.2) is 4.98 Å². The van der Waals surface area contributed by atoms with Gasteiger partial charge in [0.15, 0.2) is 11.5 Å². The number of aromatic nitrogens is 2. The van der Waals surface area contributed by atoms with Crippen molar-refractivity contribution in [2.45, 2.75) is 13.1 Å². The summed E-state index contributed by atoms with van der Waals surface area (Å²) in [5, 5.41) is 0. The molecule has 1 aliphatic rings. The topological polar surface area (TPSA) is 65.5 Å². The van der Waals surface area contributed by atoms with Crippen LogP contribution in [0.15, 0.2) is 12.1 Å². The van der Waals surface area contributed by atoms with Crippen molar-refractivity contribution < 1.29 is 9.47 Å². The normalized spacial score (nSPS) is 14.2. The predicted octanol–water partition coefficient (Wildman–Crippen LogP) is 0.828. The van der Waals surface area contributed by atoms with Crippen molar-refractivity contribution in [3.05, 3.63) is 18.0 Å². The van der Waals surface area contributed by atoms with E-state index >= 15 is 0 Å². The minimum absolute atomic E-state index is 0.584. The van der Waals surface area contributed by atoms with E-state index in [0.29, 0.717) is 19.8 Å². The van der Waals surface area contributed by atoms with Gasteiger partial charge in [0.2, 0.25) is 0 Å². The van der Waals surface area contributed by atoms with E-state index in [1.54, 1.807) is 0 Å². The highest BCUT2D eigenvalue weighted by atomic mass is 16.6. The Morgan fingerprint density at radius 1 is 1.25 bits per heavy atom. The second-order valence-corrected chi connectivity index (χ2v) is 5.19. The van der Waals surface area contributed by atoms with Crippen molar-refractivity contribution in [3.63, 3.8) is 0 Å². The van der Waals surface area contributed by atoms with E-state index in [4.69, 9.17) is 20.2 Å². The summed E-state index contributed by atoms with van der Waals surface area (Å²) in [7, 11) is 4.06. The Kier molecular flexibility index (Phi) is 3.50. The third kappa shape index (κ3) is 2.32. The number of rotatable bonds is 4. The van der Waals surface area contributed by atoms with E-state index in [1.807, 2.05) is 26.2 Å². The molecule has 0 radical (unpaired) electrons. The fourth-order valence-electron chi connectivity index (χ4n) is 2.49. The van der Waals surface area contributed by atoms with Crippen LogP contribution in [0, 0.1) is 0 Å². The van der Waals surface area contributed by atoms with Crippen LogP contribution in [0.2, 0.25) is 0 Å². The van der Waals surface area contributed by atoms with Crippen LogP contribution in [0.3, 0.4) is 0 Å². The number of hydrogen-bond acceptors (Lipinski definition) is 5. The van der Waals surface area contributed by atoms with E-state index in [0.717, 1.165) is 41.4 Å². The van der Waals surface area contributed by atoms with Gasteiger partial charge in [-0.1, -0.05) is 0 Å². The molecule has 0 spiro atoms. The molecule has 108 valence electrons. The zero-order chi connectivity index (χ0) is 14.1. The largest absolute Gasteiger partial charge is 0.486 e. The van der Waals surface area contributed by atoms with Gasteiger partial charge in [0.05, 0.1) is 17.6 Å². The maximum atomic E-state index is 5.73. The van der Waals surface area contributed by atoms with Crippen molar-refractivity contribution >= 4 is 11.0 Å². The molecule has 0 amide bonds. The summed E-state index contributed by atoms with van der Waals surface area (Å²) in [5.41, 5.74) is 7.71. The van der Waals surface area contributed by atoms with Gasteiger partial charge in [-0.3, -0.25) is 0 Å². The molecule has 2 aromatic rings. The molecule has 1 aromatic carbocycles. The Labute approximate surface area is 118 Å². The number of nitrogens with two attached hydrogens (primary N) is 1. The third-order valence-electron chi connectivity index (χ3n) is 3.30. The molecule has 1 aromatic heterocycles. The molecule has 0 aliphatic carbocycles. The molecule has 0 atom stereocenters. The Balaban J connectivity index is 2.12. The van der Waals surface area contributed by atoms with Crippen LogP contribution < -0.4 is 15.2 Å². The summed E-state index contributed by atoms with van der Waals surface area (Å²) in [5.74, 6) is 2.58. The average Bonchev–Trinajstić information content (AvgIpc) is 2.73. The summed E-state index contributed by atoms with van der Waals surface area (Å²) >= 11 is 0. The minimum Gasteiger partial charge on any atom is -0.486 e. The van der Waals surface area contributed by atoms with Crippen molar-refractivity contribution in [1.82, 2.24) is 14.5 Å². The van der Waals surface area contributed by atoms with Gasteiger partial charge >= 0.3 is 0 Å². The molecule has 6 nitrogen and oxygen atoms in total. The quantitative estimate of drug-likeness (QED) is 0.896. The molecule has 0 saturated heterocycles. The van der Waals surface area contributed by atoms with Crippen molar-refractivity contribution in [3.8, 4) is 11.5 Å². The Bertz CT molecular complexity index is 621. The number of imidazole rings is 1. The minimum atomic E-state index is 0.584. The molecule has 0 fully saturated rings. The first-order valence-corrected chi connectivity index (χ1v) is 6.82. The second kappa shape index (κ2) is 5.30. The van der Waals surface area contributed by atoms with E-state index in [1.165, 1.54) is 0 Å². The number of nitrogens with zero attached hydrogens (tertiary/aromatic N) is 3. The summed E-state index contributed by atoms with van der Waals surface area (Å²) in [6.45, 7) is 3.29. The van der Waals surface area contributed by atoms with Crippen LogP contribution in [-0.4, -0.2) is 48.3 Å². The van der Waals surface area contributed by atoms with Crippen LogP contribution >= 0.6 is 0 Å². The molecule has 2 N–H and O–H groups in total. The smallest absolute Gasteiger partial charge is 0.163 e. The lowest BCUT2D eigenvalue weighted by molar-refractivity contribution is 0.172. The lowest BCUT2D eigenvalue weighted by atomic mass is 10.2. The van der Waals surface area contributed by atoms with Gasteiger partial charge in [-0.05, 0) is 14.1 Å². The molecule has 3 rings (SSSR count). The first kappa shape index (κ1) is 13.2. The van der Waals surface area contributed by atoms with E-state index in [-0.39, 0.29) is 0 Å². The number of benzene rings is 1. The van der Waals surface area contributed by atoms with Gasteiger partial charge < -0.3 is 24.7 Å². The fraction of sp³-hybridized carbons (Fsp3) is 0.500. The summed E-state index contributed by atoms with van der Waals surface area (Å²) in [6, 6.07) is 3.96. The second-order valence-electron chi connectivity index (χ2n) is 5.19. The lowest BCUT2D eigenvalue weighted by Crippen LogP contribution is -2.18. The van der Waals surface area contributed by atoms with E-state index < -0.39 is 0 Å². The van der Waals surface area contributed by atoms with Crippen LogP contribution in [0.25, 0.3) is 11.0 Å². The number of ether oxygens (including phenoxy) is 2. The average molecular weight is 276 g/mol. The van der Waals surface area contributed by atoms with Crippen LogP contribution in [0.5, 0.6) is 11.5 Å². The molecule has 20 heavy (non-hydrogen) atoms. The lowest BCUT2D eigenvalue weighted by Gasteiger charge is -2.18. The highest BCUT2D eigenvalue weighted by Gasteiger charge is 2.18. The molecular formula is C14H20N4O2. The monoisotopic (exact) mass is 276 g/mol. The van der Waals surface area contributed by atoms with Crippen molar-refractivity contribution in [1.29, 1.82) is 0 Å². The SMILES string of the molecule is CN(C)Cc1nc2cc3c(cc2n1CCN)OCCO3. The highest BCUT2D eigenvalue weighted by Crippen LogP contribution is 2.34. The molecule has 2 heterocycles. The molecule has 0 saturated carbocycles.